The van der Waals surface area contributed by atoms with Gasteiger partial charge in [0.2, 0.25) is 5.91 Å². The van der Waals surface area contributed by atoms with Gasteiger partial charge in [0.05, 0.1) is 31.0 Å². The number of hydrogen-bond acceptors (Lipinski definition) is 7. The Balaban J connectivity index is 1.08. The zero-order valence-corrected chi connectivity index (χ0v) is 24.1. The molecule has 11 heteroatoms. The highest BCUT2D eigenvalue weighted by Gasteiger charge is 2.50. The molecule has 3 aromatic rings. The van der Waals surface area contributed by atoms with Gasteiger partial charge in [0.15, 0.2) is 11.5 Å². The van der Waals surface area contributed by atoms with Gasteiger partial charge in [-0.05, 0) is 36.6 Å². The lowest BCUT2D eigenvalue weighted by molar-refractivity contribution is -0.122. The number of benzene rings is 2. The minimum atomic E-state index is -0.791. The number of anilines is 1. The maximum absolute atomic E-state index is 13.8. The number of para-hydroxylation sites is 1. The van der Waals surface area contributed by atoms with Crippen molar-refractivity contribution in [1.82, 2.24) is 19.7 Å². The van der Waals surface area contributed by atoms with Crippen molar-refractivity contribution in [1.29, 1.82) is 0 Å². The molecule has 4 aliphatic heterocycles. The van der Waals surface area contributed by atoms with E-state index in [9.17, 15) is 19.2 Å². The summed E-state index contributed by atoms with van der Waals surface area (Å²) in [6.07, 6.45) is 0.278. The van der Waals surface area contributed by atoms with Crippen LogP contribution in [0.4, 0.5) is 5.69 Å². The molecule has 43 heavy (non-hydrogen) atoms. The number of carbonyl (C=O) groups excluding carboxylic acids is 3. The average Bonchev–Trinajstić information content (AvgIpc) is 3.31. The van der Waals surface area contributed by atoms with E-state index < -0.39 is 6.17 Å². The van der Waals surface area contributed by atoms with Crippen LogP contribution >= 0.6 is 0 Å². The topological polar surface area (TPSA) is 113 Å². The standard InChI is InChI=1S/C32H33N5O6/c1-42-25-11-10-22-28(29(25)43-2)32(41)37-24-7-4-3-6-21(24)31(40)36(30(22)37)18-26(38)33-12-13-34-15-19-14-20(17-34)23-8-5-9-27(39)35(23)16-19/h3-11,19-20,30H,12-18H2,1-2H3,(H,33,38)/t19-,20+,30-/m1/s1. The molecule has 4 aliphatic rings. The third-order valence-corrected chi connectivity index (χ3v) is 9.10. The largest absolute Gasteiger partial charge is 0.493 e. The Morgan fingerprint density at radius 1 is 0.930 bits per heavy atom. The molecule has 3 atom stereocenters. The second-order valence-electron chi connectivity index (χ2n) is 11.6. The second kappa shape index (κ2) is 10.6. The summed E-state index contributed by atoms with van der Waals surface area (Å²) in [4.78, 5) is 58.6. The number of fused-ring (bicyclic) bond motifs is 9. The first-order valence-electron chi connectivity index (χ1n) is 14.6. The van der Waals surface area contributed by atoms with Crippen LogP contribution in [-0.4, -0.2) is 79.0 Å². The molecule has 1 N–H and O–H groups in total. The fourth-order valence-corrected chi connectivity index (χ4v) is 7.33. The van der Waals surface area contributed by atoms with Crippen LogP contribution in [0.5, 0.6) is 11.5 Å². The third kappa shape index (κ3) is 4.37. The van der Waals surface area contributed by atoms with Gasteiger partial charge < -0.3 is 29.2 Å². The van der Waals surface area contributed by atoms with Crippen molar-refractivity contribution in [2.45, 2.75) is 25.0 Å². The number of hydrogen-bond donors (Lipinski definition) is 1. The van der Waals surface area contributed by atoms with Gasteiger partial charge in [-0.2, -0.15) is 0 Å². The average molecular weight is 584 g/mol. The number of methoxy groups -OCH3 is 2. The highest BCUT2D eigenvalue weighted by Crippen LogP contribution is 2.49. The van der Waals surface area contributed by atoms with Crippen molar-refractivity contribution >= 4 is 23.4 Å². The first-order chi connectivity index (χ1) is 20.9. The Labute approximate surface area is 248 Å². The number of pyridine rings is 1. The molecule has 2 bridgehead atoms. The molecular weight excluding hydrogens is 550 g/mol. The van der Waals surface area contributed by atoms with Crippen LogP contribution in [0.1, 0.15) is 50.5 Å². The van der Waals surface area contributed by atoms with Crippen molar-refractivity contribution in [2.24, 2.45) is 5.92 Å². The molecule has 11 nitrogen and oxygen atoms in total. The van der Waals surface area contributed by atoms with Crippen molar-refractivity contribution in [2.75, 3.05) is 51.8 Å². The number of carbonyl (C=O) groups is 3. The highest BCUT2D eigenvalue weighted by molar-refractivity contribution is 6.18. The van der Waals surface area contributed by atoms with Gasteiger partial charge >= 0.3 is 0 Å². The number of amides is 3. The van der Waals surface area contributed by atoms with E-state index in [-0.39, 0.29) is 29.8 Å². The molecule has 0 unspecified atom stereocenters. The summed E-state index contributed by atoms with van der Waals surface area (Å²) in [5.74, 6) is 0.464. The minimum Gasteiger partial charge on any atom is -0.493 e. The lowest BCUT2D eigenvalue weighted by Gasteiger charge is -2.43. The Morgan fingerprint density at radius 2 is 1.77 bits per heavy atom. The van der Waals surface area contributed by atoms with Gasteiger partial charge in [0.1, 0.15) is 12.7 Å². The molecule has 222 valence electrons. The summed E-state index contributed by atoms with van der Waals surface area (Å²) in [5, 5.41) is 2.99. The molecule has 0 spiro atoms. The molecular formula is C32H33N5O6. The number of nitrogens with zero attached hydrogens (tertiary/aromatic N) is 4. The summed E-state index contributed by atoms with van der Waals surface area (Å²) in [6.45, 7) is 3.31. The number of rotatable bonds is 7. The summed E-state index contributed by atoms with van der Waals surface area (Å²) in [5.41, 5.74) is 2.91. The molecule has 0 radical (unpaired) electrons. The Morgan fingerprint density at radius 3 is 2.58 bits per heavy atom. The first kappa shape index (κ1) is 27.2. The van der Waals surface area contributed by atoms with E-state index in [4.69, 9.17) is 9.47 Å². The van der Waals surface area contributed by atoms with Gasteiger partial charge in [0.25, 0.3) is 17.4 Å². The number of aromatic nitrogens is 1. The number of nitrogens with one attached hydrogen (secondary N) is 1. The smallest absolute Gasteiger partial charge is 0.264 e. The molecule has 7 rings (SSSR count). The maximum Gasteiger partial charge on any atom is 0.264 e. The Hall–Kier alpha value is -4.64. The van der Waals surface area contributed by atoms with E-state index in [0.717, 1.165) is 31.7 Å². The summed E-state index contributed by atoms with van der Waals surface area (Å²) >= 11 is 0. The summed E-state index contributed by atoms with van der Waals surface area (Å²) < 4.78 is 12.9. The van der Waals surface area contributed by atoms with Crippen molar-refractivity contribution < 1.29 is 23.9 Å². The number of piperidine rings is 1. The van der Waals surface area contributed by atoms with Gasteiger partial charge in [-0.15, -0.1) is 0 Å². The maximum atomic E-state index is 13.8. The first-order valence-corrected chi connectivity index (χ1v) is 14.6. The monoisotopic (exact) mass is 583 g/mol. The molecule has 2 aromatic carbocycles. The second-order valence-corrected chi connectivity index (χ2v) is 11.6. The van der Waals surface area contributed by atoms with E-state index in [1.807, 2.05) is 16.7 Å². The zero-order valence-electron chi connectivity index (χ0n) is 24.1. The molecule has 1 fully saturated rings. The fourth-order valence-electron chi connectivity index (χ4n) is 7.33. The Kier molecular flexibility index (Phi) is 6.69. The zero-order chi connectivity index (χ0) is 29.8. The molecule has 1 aromatic heterocycles. The van der Waals surface area contributed by atoms with Crippen LogP contribution in [0.15, 0.2) is 59.4 Å². The Bertz CT molecular complexity index is 1700. The van der Waals surface area contributed by atoms with Crippen molar-refractivity contribution in [3.05, 3.63) is 87.3 Å². The summed E-state index contributed by atoms with van der Waals surface area (Å²) in [6, 6.07) is 15.9. The van der Waals surface area contributed by atoms with E-state index in [2.05, 4.69) is 10.2 Å². The van der Waals surface area contributed by atoms with Crippen LogP contribution in [-0.2, 0) is 11.3 Å². The lowest BCUT2D eigenvalue weighted by Crippen LogP contribution is -2.52. The molecule has 1 saturated heterocycles. The predicted octanol–water partition coefficient (Wildman–Crippen LogP) is 2.22. The fraction of sp³-hybridized carbons (Fsp3) is 0.375. The SMILES string of the molecule is COc1ccc2c(c1OC)C(=O)N1c3ccccc3C(=O)N(CC(=O)NCCN3C[C@H]4C[C@@H](C3)c3cccc(=O)n3C4)[C@@H]21. The van der Waals surface area contributed by atoms with E-state index in [1.54, 1.807) is 47.4 Å². The van der Waals surface area contributed by atoms with Gasteiger partial charge in [0, 0.05) is 56.0 Å². The van der Waals surface area contributed by atoms with Gasteiger partial charge in [-0.3, -0.25) is 24.1 Å². The van der Waals surface area contributed by atoms with Crippen LogP contribution in [0.2, 0.25) is 0 Å². The molecule has 0 aliphatic carbocycles. The van der Waals surface area contributed by atoms with E-state index >= 15 is 0 Å². The molecule has 5 heterocycles. The van der Waals surface area contributed by atoms with Crippen LogP contribution in [0.25, 0.3) is 0 Å². The van der Waals surface area contributed by atoms with Gasteiger partial charge in [-0.25, -0.2) is 0 Å². The number of likely N-dealkylation sites (tertiary alicyclic amines) is 1. The predicted molar refractivity (Wildman–Crippen MR) is 158 cm³/mol. The molecule has 3 amide bonds. The van der Waals surface area contributed by atoms with E-state index in [1.165, 1.54) is 19.1 Å². The highest BCUT2D eigenvalue weighted by atomic mass is 16.5. The van der Waals surface area contributed by atoms with Crippen LogP contribution < -0.4 is 25.2 Å². The van der Waals surface area contributed by atoms with Crippen LogP contribution in [0, 0.1) is 5.92 Å². The lowest BCUT2D eigenvalue weighted by atomic mass is 9.83. The molecule has 0 saturated carbocycles. The van der Waals surface area contributed by atoms with Crippen molar-refractivity contribution in [3.63, 3.8) is 0 Å². The minimum absolute atomic E-state index is 0.0607. The normalized spacial score (nSPS) is 22.0. The van der Waals surface area contributed by atoms with Crippen molar-refractivity contribution in [3.8, 4) is 11.5 Å². The third-order valence-electron chi connectivity index (χ3n) is 9.10. The van der Waals surface area contributed by atoms with Crippen LogP contribution in [0.3, 0.4) is 0 Å². The summed E-state index contributed by atoms with van der Waals surface area (Å²) in [7, 11) is 2.98. The van der Waals surface area contributed by atoms with E-state index in [0.29, 0.717) is 58.8 Å². The van der Waals surface area contributed by atoms with Gasteiger partial charge in [-0.1, -0.05) is 24.3 Å². The number of ether oxygens (including phenoxy) is 2. The quantitative estimate of drug-likeness (QED) is 0.454.